The summed E-state index contributed by atoms with van der Waals surface area (Å²) in [6.07, 6.45) is 15.3. The first kappa shape index (κ1) is 25.0. The topological polar surface area (TPSA) is 67.1 Å². The van der Waals surface area contributed by atoms with Gasteiger partial charge in [-0.05, 0) is 63.6 Å². The van der Waals surface area contributed by atoms with Gasteiger partial charge in [0.25, 0.3) is 0 Å². The van der Waals surface area contributed by atoms with Gasteiger partial charge in [-0.15, -0.1) is 0 Å². The van der Waals surface area contributed by atoms with Crippen molar-refractivity contribution in [2.45, 2.75) is 82.4 Å². The highest BCUT2D eigenvalue weighted by Crippen LogP contribution is 2.59. The maximum atomic E-state index is 6.24. The number of aromatic amines is 1. The molecule has 5 rings (SSSR count). The zero-order chi connectivity index (χ0) is 24.7. The fourth-order valence-corrected chi connectivity index (χ4v) is 9.77. The molecule has 0 amide bonds. The van der Waals surface area contributed by atoms with Crippen LogP contribution >= 0.6 is 7.92 Å². The van der Waals surface area contributed by atoms with Crippen molar-refractivity contribution in [3.05, 3.63) is 72.4 Å². The van der Waals surface area contributed by atoms with E-state index in [4.69, 9.17) is 15.8 Å². The molecule has 0 spiro atoms. The number of benzene rings is 2. The molecular formula is C31H39N4P. The number of allylic oxidation sites excluding steroid dienone is 1. The molecule has 2 aliphatic rings. The van der Waals surface area contributed by atoms with Crippen LogP contribution < -0.4 is 5.73 Å². The Bertz CT molecular complexity index is 1090. The first-order chi connectivity index (χ1) is 17.8. The zero-order valence-electron chi connectivity index (χ0n) is 21.5. The summed E-state index contributed by atoms with van der Waals surface area (Å²) in [5, 5.41) is 8.16. The summed E-state index contributed by atoms with van der Waals surface area (Å²) >= 11 is 0. The summed E-state index contributed by atoms with van der Waals surface area (Å²) in [5.74, 6) is 0. The molecular weight excluding hydrogens is 459 g/mol. The van der Waals surface area contributed by atoms with Crippen molar-refractivity contribution in [2.24, 2.45) is 10.7 Å². The number of hydrogen-bond donors (Lipinski definition) is 2. The molecule has 0 atom stereocenters. The number of nitrogens with one attached hydrogen (secondary N) is 1. The van der Waals surface area contributed by atoms with E-state index in [9.17, 15) is 0 Å². The quantitative estimate of drug-likeness (QED) is 0.252. The van der Waals surface area contributed by atoms with Gasteiger partial charge in [-0.3, -0.25) is 5.10 Å². The van der Waals surface area contributed by atoms with E-state index in [1.807, 2.05) is 0 Å². The van der Waals surface area contributed by atoms with Crippen LogP contribution in [0.1, 0.15) is 71.1 Å². The highest BCUT2D eigenvalue weighted by atomic mass is 31.1. The second kappa shape index (κ2) is 12.0. The van der Waals surface area contributed by atoms with Gasteiger partial charge in [-0.25, -0.2) is 4.99 Å². The second-order valence-corrected chi connectivity index (χ2v) is 13.0. The predicted octanol–water partition coefficient (Wildman–Crippen LogP) is 8.78. The van der Waals surface area contributed by atoms with Gasteiger partial charge in [0.1, 0.15) is 11.4 Å². The molecule has 2 aliphatic carbocycles. The predicted molar refractivity (Wildman–Crippen MR) is 155 cm³/mol. The number of nitrogens with two attached hydrogens (primary N) is 1. The molecule has 0 unspecified atom stereocenters. The molecule has 0 bridgehead atoms. The Kier molecular flexibility index (Phi) is 8.33. The first-order valence-electron chi connectivity index (χ1n) is 13.7. The van der Waals surface area contributed by atoms with Crippen molar-refractivity contribution >= 4 is 19.1 Å². The van der Waals surface area contributed by atoms with Crippen LogP contribution in [0.3, 0.4) is 0 Å². The Morgan fingerprint density at radius 2 is 1.36 bits per heavy atom. The Morgan fingerprint density at radius 3 is 1.89 bits per heavy atom. The number of aliphatic imine (C=N–C) groups is 1. The third-order valence-electron chi connectivity index (χ3n) is 7.85. The van der Waals surface area contributed by atoms with Crippen molar-refractivity contribution in [1.29, 1.82) is 0 Å². The van der Waals surface area contributed by atoms with Crippen molar-refractivity contribution < 1.29 is 0 Å². The molecule has 0 aliphatic heterocycles. The van der Waals surface area contributed by atoms with E-state index < -0.39 is 7.92 Å². The SMILES string of the molecule is C/C(=C/N)C(=Nc1c(-c2ccccc2)n[nH]c1-c1ccccc1)P(C1CCCCC1)C1CCCCC1. The largest absolute Gasteiger partial charge is 0.404 e. The van der Waals surface area contributed by atoms with E-state index in [0.29, 0.717) is 0 Å². The summed E-state index contributed by atoms with van der Waals surface area (Å²) in [4.78, 5) is 5.60. The Balaban J connectivity index is 1.68. The van der Waals surface area contributed by atoms with E-state index in [2.05, 4.69) is 72.7 Å². The van der Waals surface area contributed by atoms with E-state index in [-0.39, 0.29) is 0 Å². The molecule has 36 heavy (non-hydrogen) atoms. The van der Waals surface area contributed by atoms with Crippen LogP contribution in [0.2, 0.25) is 0 Å². The lowest BCUT2D eigenvalue weighted by Crippen LogP contribution is -2.25. The molecule has 188 valence electrons. The van der Waals surface area contributed by atoms with Crippen LogP contribution in [0, 0.1) is 0 Å². The van der Waals surface area contributed by atoms with Gasteiger partial charge in [0.15, 0.2) is 0 Å². The second-order valence-electron chi connectivity index (χ2n) is 10.3. The number of aromatic nitrogens is 2. The minimum atomic E-state index is -0.413. The molecule has 3 N–H and O–H groups in total. The molecule has 3 aromatic rings. The number of nitrogens with zero attached hydrogens (tertiary/aromatic N) is 2. The van der Waals surface area contributed by atoms with Crippen molar-refractivity contribution in [3.63, 3.8) is 0 Å². The molecule has 4 nitrogen and oxygen atoms in total. The lowest BCUT2D eigenvalue weighted by molar-refractivity contribution is 0.487. The van der Waals surface area contributed by atoms with Crippen molar-refractivity contribution in [3.8, 4) is 22.5 Å². The van der Waals surface area contributed by atoms with E-state index in [0.717, 1.165) is 45.1 Å². The smallest absolute Gasteiger partial charge is 0.118 e. The molecule has 2 saturated carbocycles. The van der Waals surface area contributed by atoms with E-state index in [1.165, 1.54) is 69.7 Å². The molecule has 1 aromatic heterocycles. The highest BCUT2D eigenvalue weighted by molar-refractivity contribution is 7.77. The van der Waals surface area contributed by atoms with Crippen LogP contribution in [0.25, 0.3) is 22.5 Å². The molecule has 1 heterocycles. The molecule has 0 radical (unpaired) electrons. The average Bonchev–Trinajstić information content (AvgIpc) is 3.38. The first-order valence-corrected chi connectivity index (χ1v) is 15.2. The number of H-pyrrole nitrogens is 1. The van der Waals surface area contributed by atoms with E-state index >= 15 is 0 Å². The van der Waals surface area contributed by atoms with Crippen LogP contribution in [0.5, 0.6) is 0 Å². The molecule has 2 fully saturated rings. The molecule has 0 saturated heterocycles. The summed E-state index contributed by atoms with van der Waals surface area (Å²) < 4.78 is 0. The van der Waals surface area contributed by atoms with E-state index in [1.54, 1.807) is 6.20 Å². The third-order valence-corrected chi connectivity index (χ3v) is 11.4. The Hall–Kier alpha value is -2.71. The summed E-state index contributed by atoms with van der Waals surface area (Å²) in [5.41, 5.74) is 15.2. The lowest BCUT2D eigenvalue weighted by Gasteiger charge is -2.39. The summed E-state index contributed by atoms with van der Waals surface area (Å²) in [6, 6.07) is 20.9. The fourth-order valence-electron chi connectivity index (χ4n) is 5.94. The van der Waals surface area contributed by atoms with Crippen LogP contribution in [0.15, 0.2) is 77.4 Å². The molecule has 5 heteroatoms. The average molecular weight is 499 g/mol. The Morgan fingerprint density at radius 1 is 0.833 bits per heavy atom. The van der Waals surface area contributed by atoms with Crippen molar-refractivity contribution in [2.75, 3.05) is 0 Å². The zero-order valence-corrected chi connectivity index (χ0v) is 22.4. The maximum Gasteiger partial charge on any atom is 0.118 e. The third kappa shape index (κ3) is 5.49. The van der Waals surface area contributed by atoms with Gasteiger partial charge in [0.05, 0.1) is 11.1 Å². The maximum absolute atomic E-state index is 6.24. The van der Waals surface area contributed by atoms with Gasteiger partial charge in [-0.2, -0.15) is 5.10 Å². The normalized spacial score (nSPS) is 18.6. The fraction of sp³-hybridized carbons (Fsp3) is 0.419. The monoisotopic (exact) mass is 498 g/mol. The van der Waals surface area contributed by atoms with Gasteiger partial charge in [0.2, 0.25) is 0 Å². The van der Waals surface area contributed by atoms with Crippen molar-refractivity contribution in [1.82, 2.24) is 10.2 Å². The van der Waals surface area contributed by atoms with Crippen LogP contribution in [-0.2, 0) is 0 Å². The lowest BCUT2D eigenvalue weighted by atomic mass is 9.99. The minimum Gasteiger partial charge on any atom is -0.404 e. The van der Waals surface area contributed by atoms with Crippen LogP contribution in [-0.4, -0.2) is 27.0 Å². The van der Waals surface area contributed by atoms with Gasteiger partial charge in [0, 0.05) is 11.1 Å². The summed E-state index contributed by atoms with van der Waals surface area (Å²) in [7, 11) is -0.413. The molecule has 2 aromatic carbocycles. The standard InChI is InChI=1S/C31H39N4P/c1-23(22-32)31(36(26-18-10-4-11-19-26)27-20-12-5-13-21-27)33-30-28(24-14-6-2-7-15-24)34-35-29(30)25-16-8-3-9-17-25/h2-3,6-9,14-17,22,26-27H,4-5,10-13,18-21,32H2,1H3,(H,34,35)/b23-22-,33-31?. The number of rotatable bonds is 7. The van der Waals surface area contributed by atoms with Gasteiger partial charge >= 0.3 is 0 Å². The highest BCUT2D eigenvalue weighted by Gasteiger charge is 2.35. The van der Waals surface area contributed by atoms with Gasteiger partial charge < -0.3 is 5.73 Å². The van der Waals surface area contributed by atoms with Gasteiger partial charge in [-0.1, -0.05) is 99.2 Å². The van der Waals surface area contributed by atoms with Crippen LogP contribution in [0.4, 0.5) is 5.69 Å². The number of hydrogen-bond acceptors (Lipinski definition) is 3. The summed E-state index contributed by atoms with van der Waals surface area (Å²) in [6.45, 7) is 2.17. The minimum absolute atomic E-state index is 0.413. The Labute approximate surface area is 217 Å².